The van der Waals surface area contributed by atoms with E-state index in [9.17, 15) is 4.79 Å². The molecule has 1 heterocycles. The summed E-state index contributed by atoms with van der Waals surface area (Å²) in [5.41, 5.74) is 3.02. The third-order valence-corrected chi connectivity index (χ3v) is 5.58. The van der Waals surface area contributed by atoms with Crippen LogP contribution in [0.25, 0.3) is 0 Å². The average Bonchev–Trinajstić information content (AvgIpc) is 3.04. The number of hydrogen-bond donors (Lipinski definition) is 1. The summed E-state index contributed by atoms with van der Waals surface area (Å²) in [5, 5.41) is 3.64. The number of nitrogens with one attached hydrogen (secondary N) is 1. The van der Waals surface area contributed by atoms with Crippen molar-refractivity contribution in [2.45, 2.75) is 32.5 Å². The van der Waals surface area contributed by atoms with Gasteiger partial charge in [-0.25, -0.2) is 0 Å². The van der Waals surface area contributed by atoms with E-state index in [4.69, 9.17) is 32.7 Å². The minimum absolute atomic E-state index is 0.217. The standard InChI is InChI=1S/C24H21Cl2NO3/c1-24(2)13-17-4-3-5-21(22(17)30-24)29-14-15-6-8-16(9-7-15)23(28)27-18-10-11-19(25)20(26)12-18/h3-12H,13-14H2,1-2H3,(H,27,28). The van der Waals surface area contributed by atoms with Gasteiger partial charge < -0.3 is 14.8 Å². The fraction of sp³-hybridized carbons (Fsp3) is 0.208. The Labute approximate surface area is 185 Å². The summed E-state index contributed by atoms with van der Waals surface area (Å²) in [6, 6.07) is 18.2. The predicted octanol–water partition coefficient (Wildman–Crippen LogP) is 6.54. The third kappa shape index (κ3) is 4.55. The number of benzene rings is 3. The molecule has 0 bridgehead atoms. The van der Waals surface area contributed by atoms with Crippen LogP contribution in [0.3, 0.4) is 0 Å². The Morgan fingerprint density at radius 3 is 2.57 bits per heavy atom. The SMILES string of the molecule is CC1(C)Cc2cccc(OCc3ccc(C(=O)Nc4ccc(Cl)c(Cl)c4)cc3)c2O1. The lowest BCUT2D eigenvalue weighted by atomic mass is 10.0. The molecule has 3 aromatic rings. The number of halogens is 2. The number of carbonyl (C=O) groups is 1. The van der Waals surface area contributed by atoms with Gasteiger partial charge in [0.25, 0.3) is 5.91 Å². The van der Waals surface area contributed by atoms with Gasteiger partial charge in [0.15, 0.2) is 11.5 Å². The van der Waals surface area contributed by atoms with E-state index in [-0.39, 0.29) is 11.5 Å². The van der Waals surface area contributed by atoms with Crippen LogP contribution in [-0.2, 0) is 13.0 Å². The molecule has 1 N–H and O–H groups in total. The van der Waals surface area contributed by atoms with E-state index in [2.05, 4.69) is 25.2 Å². The first-order chi connectivity index (χ1) is 14.3. The summed E-state index contributed by atoms with van der Waals surface area (Å²) in [5.74, 6) is 1.33. The van der Waals surface area contributed by atoms with Gasteiger partial charge in [-0.1, -0.05) is 47.5 Å². The van der Waals surface area contributed by atoms with Crippen LogP contribution >= 0.6 is 23.2 Å². The summed E-state index contributed by atoms with van der Waals surface area (Å²) in [6.07, 6.45) is 0.863. The van der Waals surface area contributed by atoms with Crippen LogP contribution in [0.5, 0.6) is 11.5 Å². The van der Waals surface area contributed by atoms with Crippen LogP contribution in [0.1, 0.15) is 35.3 Å². The second kappa shape index (κ2) is 8.21. The van der Waals surface area contributed by atoms with Crippen LogP contribution in [0.4, 0.5) is 5.69 Å². The Bertz CT molecular complexity index is 1090. The molecular weight excluding hydrogens is 421 g/mol. The van der Waals surface area contributed by atoms with Crippen molar-refractivity contribution in [3.05, 3.63) is 87.4 Å². The zero-order chi connectivity index (χ0) is 21.3. The number of ether oxygens (including phenoxy) is 2. The summed E-state index contributed by atoms with van der Waals surface area (Å²) in [7, 11) is 0. The third-order valence-electron chi connectivity index (χ3n) is 4.84. The maximum Gasteiger partial charge on any atom is 0.255 e. The number of fused-ring (bicyclic) bond motifs is 1. The summed E-state index contributed by atoms with van der Waals surface area (Å²) >= 11 is 11.9. The van der Waals surface area contributed by atoms with Crippen molar-refractivity contribution in [2.24, 2.45) is 0 Å². The lowest BCUT2D eigenvalue weighted by Crippen LogP contribution is -2.24. The van der Waals surface area contributed by atoms with Gasteiger partial charge in [0.2, 0.25) is 0 Å². The van der Waals surface area contributed by atoms with E-state index >= 15 is 0 Å². The number of para-hydroxylation sites is 1. The molecule has 0 aromatic heterocycles. The molecule has 0 unspecified atom stereocenters. The molecule has 154 valence electrons. The van der Waals surface area contributed by atoms with E-state index in [0.717, 1.165) is 29.0 Å². The van der Waals surface area contributed by atoms with Gasteiger partial charge in [-0.3, -0.25) is 4.79 Å². The van der Waals surface area contributed by atoms with Crippen LogP contribution < -0.4 is 14.8 Å². The maximum absolute atomic E-state index is 12.5. The summed E-state index contributed by atoms with van der Waals surface area (Å²) < 4.78 is 12.0. The quantitative estimate of drug-likeness (QED) is 0.488. The van der Waals surface area contributed by atoms with E-state index < -0.39 is 0 Å². The van der Waals surface area contributed by atoms with Crippen LogP contribution in [0, 0.1) is 0 Å². The molecule has 0 saturated carbocycles. The van der Waals surface area contributed by atoms with Gasteiger partial charge in [0, 0.05) is 23.2 Å². The molecular formula is C24H21Cl2NO3. The smallest absolute Gasteiger partial charge is 0.255 e. The van der Waals surface area contributed by atoms with Crippen molar-refractivity contribution in [3.8, 4) is 11.5 Å². The Kier molecular flexibility index (Phi) is 5.63. The molecule has 0 aliphatic carbocycles. The van der Waals surface area contributed by atoms with Gasteiger partial charge in [-0.2, -0.15) is 0 Å². The maximum atomic E-state index is 12.5. The molecule has 4 nitrogen and oxygen atoms in total. The van der Waals surface area contributed by atoms with Crippen LogP contribution in [0.2, 0.25) is 10.0 Å². The molecule has 30 heavy (non-hydrogen) atoms. The molecule has 6 heteroatoms. The monoisotopic (exact) mass is 441 g/mol. The highest BCUT2D eigenvalue weighted by atomic mass is 35.5. The number of anilines is 1. The van der Waals surface area contributed by atoms with Crippen molar-refractivity contribution >= 4 is 34.8 Å². The van der Waals surface area contributed by atoms with Gasteiger partial charge in [0.1, 0.15) is 12.2 Å². The number of carbonyl (C=O) groups excluding carboxylic acids is 1. The average molecular weight is 442 g/mol. The Morgan fingerprint density at radius 2 is 1.83 bits per heavy atom. The highest BCUT2D eigenvalue weighted by Gasteiger charge is 2.32. The van der Waals surface area contributed by atoms with Crippen LogP contribution in [-0.4, -0.2) is 11.5 Å². The van der Waals surface area contributed by atoms with E-state index in [1.165, 1.54) is 0 Å². The normalized spacial score (nSPS) is 14.0. The highest BCUT2D eigenvalue weighted by molar-refractivity contribution is 6.42. The molecule has 1 amide bonds. The minimum Gasteiger partial charge on any atom is -0.485 e. The molecule has 0 atom stereocenters. The van der Waals surface area contributed by atoms with Crippen molar-refractivity contribution in [1.82, 2.24) is 0 Å². The first-order valence-electron chi connectivity index (χ1n) is 9.60. The number of rotatable bonds is 5. The molecule has 1 aliphatic heterocycles. The van der Waals surface area contributed by atoms with Crippen molar-refractivity contribution in [1.29, 1.82) is 0 Å². The van der Waals surface area contributed by atoms with Crippen molar-refractivity contribution in [2.75, 3.05) is 5.32 Å². The van der Waals surface area contributed by atoms with Crippen molar-refractivity contribution < 1.29 is 14.3 Å². The largest absolute Gasteiger partial charge is 0.485 e. The molecule has 3 aromatic carbocycles. The Balaban J connectivity index is 1.39. The Morgan fingerprint density at radius 1 is 1.07 bits per heavy atom. The first-order valence-corrected chi connectivity index (χ1v) is 10.4. The fourth-order valence-electron chi connectivity index (χ4n) is 3.39. The molecule has 0 fully saturated rings. The number of amides is 1. The lowest BCUT2D eigenvalue weighted by molar-refractivity contribution is 0.102. The van der Waals surface area contributed by atoms with Gasteiger partial charge in [-0.15, -0.1) is 0 Å². The van der Waals surface area contributed by atoms with Crippen LogP contribution in [0.15, 0.2) is 60.7 Å². The lowest BCUT2D eigenvalue weighted by Gasteiger charge is -2.18. The van der Waals surface area contributed by atoms with Gasteiger partial charge in [0.05, 0.1) is 10.0 Å². The number of hydrogen-bond acceptors (Lipinski definition) is 3. The van der Waals surface area contributed by atoms with Crippen molar-refractivity contribution in [3.63, 3.8) is 0 Å². The molecule has 4 rings (SSSR count). The predicted molar refractivity (Wildman–Crippen MR) is 120 cm³/mol. The minimum atomic E-state index is -0.225. The second-order valence-corrected chi connectivity index (χ2v) is 8.67. The molecule has 0 radical (unpaired) electrons. The molecule has 1 aliphatic rings. The fourth-order valence-corrected chi connectivity index (χ4v) is 3.69. The van der Waals surface area contributed by atoms with E-state index in [1.54, 1.807) is 30.3 Å². The van der Waals surface area contributed by atoms with Gasteiger partial charge >= 0.3 is 0 Å². The zero-order valence-electron chi connectivity index (χ0n) is 16.7. The Hall–Kier alpha value is -2.69. The molecule has 0 spiro atoms. The van der Waals surface area contributed by atoms with E-state index in [1.807, 2.05) is 24.3 Å². The van der Waals surface area contributed by atoms with E-state index in [0.29, 0.717) is 27.9 Å². The molecule has 0 saturated heterocycles. The highest BCUT2D eigenvalue weighted by Crippen LogP contribution is 2.42. The second-order valence-electron chi connectivity index (χ2n) is 7.85. The zero-order valence-corrected chi connectivity index (χ0v) is 18.2. The van der Waals surface area contributed by atoms with Gasteiger partial charge in [-0.05, 0) is 55.8 Å². The first kappa shape index (κ1) is 20.6. The topological polar surface area (TPSA) is 47.6 Å². The summed E-state index contributed by atoms with van der Waals surface area (Å²) in [6.45, 7) is 4.52. The summed E-state index contributed by atoms with van der Waals surface area (Å²) in [4.78, 5) is 12.5.